The number of carbonyl (C=O) groups excluding carboxylic acids is 2. The zero-order valence-corrected chi connectivity index (χ0v) is 18.0. The van der Waals surface area contributed by atoms with E-state index in [0.29, 0.717) is 21.7 Å². The first-order valence-corrected chi connectivity index (χ1v) is 10.3. The summed E-state index contributed by atoms with van der Waals surface area (Å²) >= 11 is 6.10. The van der Waals surface area contributed by atoms with E-state index in [1.54, 1.807) is 42.5 Å². The molecule has 0 saturated heterocycles. The van der Waals surface area contributed by atoms with E-state index in [2.05, 4.69) is 10.5 Å². The Hall–Kier alpha value is -3.96. The predicted octanol–water partition coefficient (Wildman–Crippen LogP) is 5.78. The Morgan fingerprint density at radius 3 is 2.56 bits per heavy atom. The Balaban J connectivity index is 1.53. The van der Waals surface area contributed by atoms with E-state index >= 15 is 0 Å². The minimum Gasteiger partial charge on any atom is -0.422 e. The molecule has 0 fully saturated rings. The van der Waals surface area contributed by atoms with Crippen molar-refractivity contribution in [2.24, 2.45) is 5.10 Å². The Bertz CT molecular complexity index is 1340. The second-order valence-electron chi connectivity index (χ2n) is 7.17. The van der Waals surface area contributed by atoms with Gasteiger partial charge in [-0.2, -0.15) is 5.10 Å². The summed E-state index contributed by atoms with van der Waals surface area (Å²) in [5.41, 5.74) is 4.88. The van der Waals surface area contributed by atoms with Crippen molar-refractivity contribution < 1.29 is 14.3 Å². The summed E-state index contributed by atoms with van der Waals surface area (Å²) < 4.78 is 5.54. The van der Waals surface area contributed by atoms with Gasteiger partial charge in [0.25, 0.3) is 5.91 Å². The maximum atomic E-state index is 12.7. The molecular formula is C26H19ClN2O3. The second-order valence-corrected chi connectivity index (χ2v) is 7.60. The smallest absolute Gasteiger partial charge is 0.343 e. The molecule has 0 unspecified atom stereocenters. The molecule has 0 radical (unpaired) electrons. The van der Waals surface area contributed by atoms with E-state index in [1.165, 1.54) is 6.21 Å². The fourth-order valence-corrected chi connectivity index (χ4v) is 3.47. The molecule has 0 aliphatic carbocycles. The predicted molar refractivity (Wildman–Crippen MR) is 127 cm³/mol. The first kappa shape index (κ1) is 21.3. The summed E-state index contributed by atoms with van der Waals surface area (Å²) in [6, 6.07) is 25.0. The third-order valence-corrected chi connectivity index (χ3v) is 5.07. The number of esters is 1. The van der Waals surface area contributed by atoms with Crippen molar-refractivity contribution in [3.8, 4) is 5.75 Å². The van der Waals surface area contributed by atoms with Crippen molar-refractivity contribution in [2.45, 2.75) is 6.92 Å². The molecule has 0 saturated carbocycles. The van der Waals surface area contributed by atoms with Crippen LogP contribution in [-0.2, 0) is 0 Å². The molecule has 4 rings (SSSR count). The molecular weight excluding hydrogens is 424 g/mol. The molecule has 158 valence electrons. The number of fused-ring (bicyclic) bond motifs is 1. The number of aryl methyl sites for hydroxylation is 1. The maximum absolute atomic E-state index is 12.7. The van der Waals surface area contributed by atoms with Crippen molar-refractivity contribution in [1.29, 1.82) is 0 Å². The quantitative estimate of drug-likeness (QED) is 0.184. The molecule has 4 aromatic rings. The summed E-state index contributed by atoms with van der Waals surface area (Å²) in [4.78, 5) is 25.2. The van der Waals surface area contributed by atoms with Gasteiger partial charge in [-0.3, -0.25) is 4.79 Å². The van der Waals surface area contributed by atoms with Crippen LogP contribution in [0.5, 0.6) is 5.75 Å². The monoisotopic (exact) mass is 442 g/mol. The van der Waals surface area contributed by atoms with E-state index in [4.69, 9.17) is 16.3 Å². The van der Waals surface area contributed by atoms with Crippen molar-refractivity contribution in [1.82, 2.24) is 5.43 Å². The van der Waals surface area contributed by atoms with Gasteiger partial charge in [0, 0.05) is 16.1 Å². The largest absolute Gasteiger partial charge is 0.422 e. The van der Waals surface area contributed by atoms with Crippen LogP contribution < -0.4 is 10.2 Å². The molecule has 0 spiro atoms. The molecule has 6 heteroatoms. The standard InChI is InChI=1S/C26H19ClN2O3/c1-17-6-4-9-19(14-17)26(31)32-24-13-12-21(27)15-20(24)16-28-29-25(30)23-11-5-8-18-7-2-3-10-22(18)23/h2-16H,1H3,(H,29,30)/b28-16+. The fraction of sp³-hybridized carbons (Fsp3) is 0.0385. The van der Waals surface area contributed by atoms with E-state index < -0.39 is 5.97 Å². The van der Waals surface area contributed by atoms with Crippen molar-refractivity contribution in [3.63, 3.8) is 0 Å². The van der Waals surface area contributed by atoms with E-state index in [9.17, 15) is 9.59 Å². The minimum atomic E-state index is -0.495. The summed E-state index contributed by atoms with van der Waals surface area (Å²) in [6.45, 7) is 1.90. The molecule has 32 heavy (non-hydrogen) atoms. The number of amides is 1. The van der Waals surface area contributed by atoms with Crippen LogP contribution in [0.4, 0.5) is 0 Å². The number of rotatable bonds is 5. The highest BCUT2D eigenvalue weighted by molar-refractivity contribution is 6.31. The molecule has 0 aromatic heterocycles. The van der Waals surface area contributed by atoms with E-state index in [0.717, 1.165) is 16.3 Å². The van der Waals surface area contributed by atoms with Gasteiger partial charge in [0.05, 0.1) is 11.8 Å². The topological polar surface area (TPSA) is 67.8 Å². The summed E-state index contributed by atoms with van der Waals surface area (Å²) in [5, 5.41) is 6.29. The zero-order valence-electron chi connectivity index (χ0n) is 17.2. The molecule has 0 bridgehead atoms. The van der Waals surface area contributed by atoms with Gasteiger partial charge < -0.3 is 4.74 Å². The number of hydrazone groups is 1. The van der Waals surface area contributed by atoms with Crippen LogP contribution in [0.15, 0.2) is 90.0 Å². The molecule has 5 nitrogen and oxygen atoms in total. The third kappa shape index (κ3) is 4.85. The fourth-order valence-electron chi connectivity index (χ4n) is 3.29. The third-order valence-electron chi connectivity index (χ3n) is 4.83. The molecule has 4 aromatic carbocycles. The van der Waals surface area contributed by atoms with Crippen LogP contribution in [0.25, 0.3) is 10.8 Å². The lowest BCUT2D eigenvalue weighted by molar-refractivity contribution is 0.0734. The molecule has 1 N–H and O–H groups in total. The first-order valence-electron chi connectivity index (χ1n) is 9.91. The highest BCUT2D eigenvalue weighted by atomic mass is 35.5. The van der Waals surface area contributed by atoms with Crippen molar-refractivity contribution in [3.05, 3.63) is 112 Å². The van der Waals surface area contributed by atoms with E-state index in [-0.39, 0.29) is 11.7 Å². The first-order chi connectivity index (χ1) is 15.5. The lowest BCUT2D eigenvalue weighted by Crippen LogP contribution is -2.18. The van der Waals surface area contributed by atoms with Gasteiger partial charge in [-0.1, -0.05) is 65.7 Å². The highest BCUT2D eigenvalue weighted by Gasteiger charge is 2.12. The van der Waals surface area contributed by atoms with Crippen LogP contribution in [-0.4, -0.2) is 18.1 Å². The Morgan fingerprint density at radius 1 is 0.938 bits per heavy atom. The van der Waals surface area contributed by atoms with Gasteiger partial charge >= 0.3 is 5.97 Å². The number of nitrogens with zero attached hydrogens (tertiary/aromatic N) is 1. The summed E-state index contributed by atoms with van der Waals surface area (Å²) in [6.07, 6.45) is 1.40. The minimum absolute atomic E-state index is 0.282. The van der Waals surface area contributed by atoms with Crippen LogP contribution >= 0.6 is 11.6 Å². The number of halogens is 1. The van der Waals surface area contributed by atoms with Gasteiger partial charge in [0.2, 0.25) is 0 Å². The van der Waals surface area contributed by atoms with Crippen LogP contribution in [0, 0.1) is 6.92 Å². The molecule has 0 aliphatic rings. The highest BCUT2D eigenvalue weighted by Crippen LogP contribution is 2.23. The summed E-state index contributed by atoms with van der Waals surface area (Å²) in [5.74, 6) is -0.562. The maximum Gasteiger partial charge on any atom is 0.343 e. The van der Waals surface area contributed by atoms with Crippen LogP contribution in [0.3, 0.4) is 0 Å². The number of benzene rings is 4. The molecule has 1 amide bonds. The van der Waals surface area contributed by atoms with Crippen molar-refractivity contribution in [2.75, 3.05) is 0 Å². The number of nitrogens with one attached hydrogen (secondary N) is 1. The second kappa shape index (κ2) is 9.45. The van der Waals surface area contributed by atoms with Crippen LogP contribution in [0.1, 0.15) is 31.8 Å². The van der Waals surface area contributed by atoms with Gasteiger partial charge in [-0.15, -0.1) is 0 Å². The number of carbonyl (C=O) groups is 2. The number of ether oxygens (including phenoxy) is 1. The zero-order chi connectivity index (χ0) is 22.5. The van der Waals surface area contributed by atoms with Crippen molar-refractivity contribution >= 4 is 40.5 Å². The Morgan fingerprint density at radius 2 is 1.72 bits per heavy atom. The normalized spacial score (nSPS) is 10.9. The Kier molecular flexibility index (Phi) is 6.29. The summed E-state index contributed by atoms with van der Waals surface area (Å²) in [7, 11) is 0. The lowest BCUT2D eigenvalue weighted by Gasteiger charge is -2.09. The van der Waals surface area contributed by atoms with Gasteiger partial charge in [0.15, 0.2) is 0 Å². The van der Waals surface area contributed by atoms with Crippen LogP contribution in [0.2, 0.25) is 5.02 Å². The van der Waals surface area contributed by atoms with E-state index in [1.807, 2.05) is 49.4 Å². The van der Waals surface area contributed by atoms with Gasteiger partial charge in [0.1, 0.15) is 5.75 Å². The average Bonchev–Trinajstić information content (AvgIpc) is 2.80. The average molecular weight is 443 g/mol. The van der Waals surface area contributed by atoms with Gasteiger partial charge in [-0.05, 0) is 54.1 Å². The lowest BCUT2D eigenvalue weighted by atomic mass is 10.0. The van der Waals surface area contributed by atoms with Gasteiger partial charge in [-0.25, -0.2) is 10.2 Å². The SMILES string of the molecule is Cc1cccc(C(=O)Oc2ccc(Cl)cc2/C=N/NC(=O)c2cccc3ccccc23)c1. The Labute approximate surface area is 190 Å². The molecule has 0 atom stereocenters. The number of hydrogen-bond donors (Lipinski definition) is 1. The number of hydrogen-bond acceptors (Lipinski definition) is 4. The molecule has 0 heterocycles. The molecule has 0 aliphatic heterocycles.